The van der Waals surface area contributed by atoms with Gasteiger partial charge in [0.15, 0.2) is 0 Å². The summed E-state index contributed by atoms with van der Waals surface area (Å²) in [4.78, 5) is 25.7. The minimum atomic E-state index is -1.10. The Morgan fingerprint density at radius 2 is 1.50 bits per heavy atom. The molecule has 0 aliphatic heterocycles. The van der Waals surface area contributed by atoms with Gasteiger partial charge in [-0.2, -0.15) is 0 Å². The number of benzene rings is 3. The Morgan fingerprint density at radius 3 is 2.03 bits per heavy atom. The van der Waals surface area contributed by atoms with E-state index in [0.29, 0.717) is 5.75 Å². The summed E-state index contributed by atoms with van der Waals surface area (Å²) in [5.41, 5.74) is 5.28. The highest BCUT2D eigenvalue weighted by Gasteiger charge is 2.31. The first kappa shape index (κ1) is 21.4. The smallest absolute Gasteiger partial charge is 0.410 e. The summed E-state index contributed by atoms with van der Waals surface area (Å²) in [6.07, 6.45) is -0.655. The normalized spacial score (nSPS) is 13.1. The number of carboxylic acids is 1. The maximum absolute atomic E-state index is 13.0. The molecule has 0 fully saturated rings. The molecule has 1 unspecified atom stereocenters. The number of carbonyl (C=O) groups excluding carboxylic acids is 1. The lowest BCUT2D eigenvalue weighted by Crippen LogP contribution is -2.38. The van der Waals surface area contributed by atoms with Gasteiger partial charge in [-0.25, -0.2) is 4.79 Å². The molecule has 3 aromatic carbocycles. The number of carbonyl (C=O) groups is 2. The number of methoxy groups -OCH3 is 1. The van der Waals surface area contributed by atoms with Crippen LogP contribution < -0.4 is 4.74 Å². The van der Waals surface area contributed by atoms with Crippen LogP contribution in [0.1, 0.15) is 35.6 Å². The van der Waals surface area contributed by atoms with E-state index in [1.807, 2.05) is 48.5 Å². The Kier molecular flexibility index (Phi) is 6.12. The summed E-state index contributed by atoms with van der Waals surface area (Å²) in [5, 5.41) is 9.38. The second kappa shape index (κ2) is 9.14. The summed E-state index contributed by atoms with van der Waals surface area (Å²) in [7, 11) is 1.58. The fourth-order valence-corrected chi connectivity index (χ4v) is 4.24. The number of nitrogens with zero attached hydrogens (tertiary/aromatic N) is 1. The highest BCUT2D eigenvalue weighted by Crippen LogP contribution is 2.44. The van der Waals surface area contributed by atoms with Crippen LogP contribution >= 0.6 is 0 Å². The Labute approximate surface area is 187 Å². The zero-order chi connectivity index (χ0) is 22.7. The van der Waals surface area contributed by atoms with Crippen molar-refractivity contribution in [3.63, 3.8) is 0 Å². The number of ether oxygens (including phenoxy) is 2. The molecule has 0 bridgehead atoms. The minimum Gasteiger partial charge on any atom is -0.497 e. The van der Waals surface area contributed by atoms with Crippen molar-refractivity contribution in [3.05, 3.63) is 89.5 Å². The van der Waals surface area contributed by atoms with Crippen molar-refractivity contribution >= 4 is 12.1 Å². The number of rotatable bonds is 7. The maximum atomic E-state index is 13.0. The van der Waals surface area contributed by atoms with Crippen molar-refractivity contribution in [1.29, 1.82) is 0 Å². The number of carboxylic acid groups (broad SMARTS) is 1. The molecule has 0 saturated heterocycles. The quantitative estimate of drug-likeness (QED) is 0.564. The molecule has 0 aromatic heterocycles. The van der Waals surface area contributed by atoms with Crippen molar-refractivity contribution in [2.45, 2.75) is 18.9 Å². The van der Waals surface area contributed by atoms with Crippen molar-refractivity contribution in [2.75, 3.05) is 20.3 Å². The van der Waals surface area contributed by atoms with E-state index in [2.05, 4.69) is 12.1 Å². The fourth-order valence-electron chi connectivity index (χ4n) is 4.24. The molecule has 0 heterocycles. The molecule has 1 aliphatic carbocycles. The molecule has 3 aromatic rings. The van der Waals surface area contributed by atoms with Gasteiger partial charge in [-0.3, -0.25) is 9.69 Å². The number of hydrogen-bond acceptors (Lipinski definition) is 4. The third-order valence-corrected chi connectivity index (χ3v) is 5.94. The highest BCUT2D eigenvalue weighted by molar-refractivity contribution is 5.80. The molecular weight excluding hydrogens is 406 g/mol. The largest absolute Gasteiger partial charge is 0.497 e. The molecule has 32 heavy (non-hydrogen) atoms. The fraction of sp³-hybridized carbons (Fsp3) is 0.231. The predicted molar refractivity (Wildman–Crippen MR) is 121 cm³/mol. The molecule has 1 N–H and O–H groups in total. The van der Waals surface area contributed by atoms with E-state index in [9.17, 15) is 14.7 Å². The van der Waals surface area contributed by atoms with E-state index in [4.69, 9.17) is 9.47 Å². The van der Waals surface area contributed by atoms with E-state index in [1.54, 1.807) is 26.2 Å². The third kappa shape index (κ3) is 4.17. The van der Waals surface area contributed by atoms with Gasteiger partial charge in [-0.05, 0) is 46.9 Å². The standard InChI is InChI=1S/C26H25NO5/c1-17(18-11-13-19(31-2)14-12-18)27(15-25(28)29)26(30)32-16-24-22-9-5-3-7-20(22)21-8-4-6-10-23(21)24/h3-14,17,24H,15-16H2,1-2H3,(H,28,29). The lowest BCUT2D eigenvalue weighted by molar-refractivity contribution is -0.138. The zero-order valence-corrected chi connectivity index (χ0v) is 18.0. The summed E-state index contributed by atoms with van der Waals surface area (Å²) in [6.45, 7) is 1.47. The highest BCUT2D eigenvalue weighted by atomic mass is 16.6. The lowest BCUT2D eigenvalue weighted by atomic mass is 9.98. The Balaban J connectivity index is 1.53. The Hall–Kier alpha value is -3.80. The van der Waals surface area contributed by atoms with Gasteiger partial charge in [0.05, 0.1) is 13.2 Å². The monoisotopic (exact) mass is 431 g/mol. The van der Waals surface area contributed by atoms with Gasteiger partial charge in [0.2, 0.25) is 0 Å². The van der Waals surface area contributed by atoms with E-state index in [1.165, 1.54) is 4.90 Å². The zero-order valence-electron chi connectivity index (χ0n) is 18.0. The van der Waals surface area contributed by atoms with Crippen molar-refractivity contribution in [3.8, 4) is 16.9 Å². The molecule has 1 amide bonds. The predicted octanol–water partition coefficient (Wildman–Crippen LogP) is 5.09. The lowest BCUT2D eigenvalue weighted by Gasteiger charge is -2.28. The number of hydrogen-bond donors (Lipinski definition) is 1. The van der Waals surface area contributed by atoms with Crippen LogP contribution in [0.25, 0.3) is 11.1 Å². The number of fused-ring (bicyclic) bond motifs is 3. The average molecular weight is 431 g/mol. The Morgan fingerprint density at radius 1 is 0.938 bits per heavy atom. The van der Waals surface area contributed by atoms with E-state index in [-0.39, 0.29) is 12.5 Å². The van der Waals surface area contributed by atoms with Crippen LogP contribution in [0.2, 0.25) is 0 Å². The van der Waals surface area contributed by atoms with Crippen molar-refractivity contribution in [2.24, 2.45) is 0 Å². The second-order valence-electron chi connectivity index (χ2n) is 7.77. The molecule has 0 radical (unpaired) electrons. The van der Waals surface area contributed by atoms with Gasteiger partial charge in [-0.1, -0.05) is 60.7 Å². The molecule has 6 heteroatoms. The molecular formula is C26H25NO5. The summed E-state index contributed by atoms with van der Waals surface area (Å²) < 4.78 is 10.9. The Bertz CT molecular complexity index is 1080. The van der Waals surface area contributed by atoms with Gasteiger partial charge >= 0.3 is 12.1 Å². The summed E-state index contributed by atoms with van der Waals surface area (Å²) in [5.74, 6) is -0.500. The summed E-state index contributed by atoms with van der Waals surface area (Å²) in [6, 6.07) is 22.9. The minimum absolute atomic E-state index is 0.0886. The van der Waals surface area contributed by atoms with Crippen LogP contribution in [-0.2, 0) is 9.53 Å². The van der Waals surface area contributed by atoms with E-state index in [0.717, 1.165) is 27.8 Å². The van der Waals surface area contributed by atoms with E-state index < -0.39 is 24.6 Å². The van der Waals surface area contributed by atoms with Crippen molar-refractivity contribution in [1.82, 2.24) is 4.90 Å². The second-order valence-corrected chi connectivity index (χ2v) is 7.77. The van der Waals surface area contributed by atoms with Crippen LogP contribution in [0, 0.1) is 0 Å². The van der Waals surface area contributed by atoms with Gasteiger partial charge < -0.3 is 14.6 Å². The molecule has 1 aliphatic rings. The number of amides is 1. The molecule has 6 nitrogen and oxygen atoms in total. The molecule has 164 valence electrons. The van der Waals surface area contributed by atoms with Crippen LogP contribution in [0.3, 0.4) is 0 Å². The SMILES string of the molecule is COc1ccc(C(C)N(CC(=O)O)C(=O)OCC2c3ccccc3-c3ccccc32)cc1. The first-order valence-corrected chi connectivity index (χ1v) is 10.5. The van der Waals surface area contributed by atoms with E-state index >= 15 is 0 Å². The first-order chi connectivity index (χ1) is 15.5. The van der Waals surface area contributed by atoms with Crippen LogP contribution in [-0.4, -0.2) is 42.3 Å². The van der Waals surface area contributed by atoms with Crippen molar-refractivity contribution < 1.29 is 24.2 Å². The maximum Gasteiger partial charge on any atom is 0.410 e. The summed E-state index contributed by atoms with van der Waals surface area (Å²) >= 11 is 0. The first-order valence-electron chi connectivity index (χ1n) is 10.5. The van der Waals surface area contributed by atoms with Gasteiger partial charge in [0.25, 0.3) is 0 Å². The van der Waals surface area contributed by atoms with Crippen LogP contribution in [0.4, 0.5) is 4.79 Å². The molecule has 0 spiro atoms. The number of aliphatic carboxylic acids is 1. The topological polar surface area (TPSA) is 76.1 Å². The van der Waals surface area contributed by atoms with Crippen LogP contribution in [0.5, 0.6) is 5.75 Å². The average Bonchev–Trinajstić information content (AvgIpc) is 3.14. The molecule has 4 rings (SSSR count). The molecule has 0 saturated carbocycles. The van der Waals surface area contributed by atoms with Gasteiger partial charge in [0, 0.05) is 5.92 Å². The third-order valence-electron chi connectivity index (χ3n) is 5.94. The van der Waals surface area contributed by atoms with Crippen LogP contribution in [0.15, 0.2) is 72.8 Å². The molecule has 1 atom stereocenters. The van der Waals surface area contributed by atoms with Gasteiger partial charge in [-0.15, -0.1) is 0 Å². The van der Waals surface area contributed by atoms with Gasteiger partial charge in [0.1, 0.15) is 18.9 Å².